The molecule has 0 saturated heterocycles. The van der Waals surface area contributed by atoms with Crippen molar-refractivity contribution in [3.05, 3.63) is 59.7 Å². The average Bonchev–Trinajstić information content (AvgIpc) is 2.79. The minimum atomic E-state index is -3.75. The van der Waals surface area contributed by atoms with Crippen LogP contribution in [0.1, 0.15) is 38.3 Å². The van der Waals surface area contributed by atoms with Crippen LogP contribution in [0.2, 0.25) is 0 Å². The first-order chi connectivity index (χ1) is 16.0. The molecule has 0 aliphatic heterocycles. The van der Waals surface area contributed by atoms with Gasteiger partial charge in [-0.15, -0.1) is 0 Å². The van der Waals surface area contributed by atoms with E-state index in [-0.39, 0.29) is 18.5 Å². The van der Waals surface area contributed by atoms with Gasteiger partial charge in [0.25, 0.3) is 0 Å². The molecule has 0 aromatic heterocycles. The topological polar surface area (TPSA) is 96.0 Å². The lowest BCUT2D eigenvalue weighted by atomic mass is 10.1. The maximum absolute atomic E-state index is 13.5. The highest BCUT2D eigenvalue weighted by Crippen LogP contribution is 2.21. The van der Waals surface area contributed by atoms with Crippen molar-refractivity contribution in [2.45, 2.75) is 52.7 Å². The van der Waals surface area contributed by atoms with Crippen molar-refractivity contribution >= 4 is 27.5 Å². The molecule has 9 heteroatoms. The molecule has 2 aromatic carbocycles. The van der Waals surface area contributed by atoms with Gasteiger partial charge in [-0.2, -0.15) is 0 Å². The smallest absolute Gasteiger partial charge is 0.244 e. The van der Waals surface area contributed by atoms with Gasteiger partial charge in [0.15, 0.2) is 0 Å². The number of ether oxygens (including phenoxy) is 1. The van der Waals surface area contributed by atoms with E-state index in [1.54, 1.807) is 44.4 Å². The molecule has 2 atom stereocenters. The molecular weight excluding hydrogens is 454 g/mol. The predicted octanol–water partition coefficient (Wildman–Crippen LogP) is 3.10. The summed E-state index contributed by atoms with van der Waals surface area (Å²) in [7, 11) is -2.18. The number of carbonyl (C=O) groups excluding carboxylic acids is 2. The Morgan fingerprint density at radius 2 is 1.74 bits per heavy atom. The molecule has 2 amide bonds. The number of nitrogens with one attached hydrogen (secondary N) is 1. The number of sulfonamides is 1. The largest absolute Gasteiger partial charge is 0.497 e. The third-order valence-electron chi connectivity index (χ3n) is 5.65. The van der Waals surface area contributed by atoms with E-state index in [4.69, 9.17) is 4.74 Å². The molecule has 0 saturated carbocycles. The summed E-state index contributed by atoms with van der Waals surface area (Å²) in [6.07, 6.45) is 1.82. The molecule has 2 aromatic rings. The first-order valence-electron chi connectivity index (χ1n) is 11.2. The molecule has 186 valence electrons. The summed E-state index contributed by atoms with van der Waals surface area (Å²) in [4.78, 5) is 27.8. The molecular formula is C25H35N3O5S. The van der Waals surface area contributed by atoms with E-state index in [0.717, 1.165) is 28.1 Å². The van der Waals surface area contributed by atoms with Crippen LogP contribution in [0.25, 0.3) is 0 Å². The van der Waals surface area contributed by atoms with Crippen molar-refractivity contribution in [1.29, 1.82) is 0 Å². The summed E-state index contributed by atoms with van der Waals surface area (Å²) in [5, 5.41) is 2.91. The fraction of sp³-hybridized carbons (Fsp3) is 0.440. The van der Waals surface area contributed by atoms with Crippen LogP contribution in [0.4, 0.5) is 5.69 Å². The fourth-order valence-corrected chi connectivity index (χ4v) is 4.21. The lowest BCUT2D eigenvalue weighted by Crippen LogP contribution is -2.52. The molecule has 0 fully saturated rings. The van der Waals surface area contributed by atoms with E-state index in [1.165, 1.54) is 4.90 Å². The number of carbonyl (C=O) groups is 2. The Hall–Kier alpha value is -3.07. The molecule has 0 radical (unpaired) electrons. The maximum Gasteiger partial charge on any atom is 0.244 e. The van der Waals surface area contributed by atoms with Crippen LogP contribution in [0.15, 0.2) is 48.5 Å². The lowest BCUT2D eigenvalue weighted by Gasteiger charge is -2.32. The summed E-state index contributed by atoms with van der Waals surface area (Å²) < 4.78 is 31.4. The summed E-state index contributed by atoms with van der Waals surface area (Å²) in [5.41, 5.74) is 2.06. The van der Waals surface area contributed by atoms with Gasteiger partial charge in [0, 0.05) is 12.6 Å². The van der Waals surface area contributed by atoms with Crippen molar-refractivity contribution in [2.24, 2.45) is 0 Å². The van der Waals surface area contributed by atoms with E-state index >= 15 is 0 Å². The highest BCUT2D eigenvalue weighted by molar-refractivity contribution is 7.92. The van der Waals surface area contributed by atoms with Crippen molar-refractivity contribution in [1.82, 2.24) is 10.2 Å². The highest BCUT2D eigenvalue weighted by atomic mass is 32.2. The zero-order valence-corrected chi connectivity index (χ0v) is 21.6. The second-order valence-electron chi connectivity index (χ2n) is 8.47. The molecule has 8 nitrogen and oxygen atoms in total. The Kier molecular flexibility index (Phi) is 9.49. The number of methoxy groups -OCH3 is 1. The Labute approximate surface area is 202 Å². The number of rotatable bonds is 11. The minimum absolute atomic E-state index is 0.0484. The van der Waals surface area contributed by atoms with Gasteiger partial charge in [0.1, 0.15) is 18.3 Å². The number of benzene rings is 2. The molecule has 2 rings (SSSR count). The van der Waals surface area contributed by atoms with Crippen molar-refractivity contribution in [3.63, 3.8) is 0 Å². The van der Waals surface area contributed by atoms with E-state index < -0.39 is 28.5 Å². The second kappa shape index (κ2) is 11.9. The summed E-state index contributed by atoms with van der Waals surface area (Å²) >= 11 is 0. The van der Waals surface area contributed by atoms with Gasteiger partial charge >= 0.3 is 0 Å². The van der Waals surface area contributed by atoms with Gasteiger partial charge in [0.2, 0.25) is 21.8 Å². The Morgan fingerprint density at radius 1 is 1.09 bits per heavy atom. The van der Waals surface area contributed by atoms with Crippen LogP contribution in [-0.4, -0.2) is 57.1 Å². The normalized spacial score (nSPS) is 13.0. The number of aryl methyl sites for hydroxylation is 1. The quantitative estimate of drug-likeness (QED) is 0.523. The number of hydrogen-bond donors (Lipinski definition) is 1. The van der Waals surface area contributed by atoms with Gasteiger partial charge in [-0.1, -0.05) is 31.2 Å². The number of hydrogen-bond acceptors (Lipinski definition) is 5. The van der Waals surface area contributed by atoms with Gasteiger partial charge in [-0.05, 0) is 62.6 Å². The summed E-state index contributed by atoms with van der Waals surface area (Å²) in [6.45, 7) is 7.08. The predicted molar refractivity (Wildman–Crippen MR) is 134 cm³/mol. The van der Waals surface area contributed by atoms with Crippen LogP contribution in [0, 0.1) is 6.92 Å². The Morgan fingerprint density at radius 3 is 2.26 bits per heavy atom. The van der Waals surface area contributed by atoms with Gasteiger partial charge in [-0.3, -0.25) is 13.9 Å². The minimum Gasteiger partial charge on any atom is -0.497 e. The molecule has 34 heavy (non-hydrogen) atoms. The average molecular weight is 490 g/mol. The SMILES string of the molecule is CCC(C)NC(=O)C(C)N(Cc1ccc(OC)cc1)C(=O)CN(c1cccc(C)c1)S(C)(=O)=O. The molecule has 0 spiro atoms. The van der Waals surface area contributed by atoms with Crippen LogP contribution in [-0.2, 0) is 26.2 Å². The fourth-order valence-electron chi connectivity index (χ4n) is 3.37. The number of amides is 2. The molecule has 0 aliphatic rings. The van der Waals surface area contributed by atoms with E-state index in [1.807, 2.05) is 39.0 Å². The maximum atomic E-state index is 13.5. The van der Waals surface area contributed by atoms with Crippen molar-refractivity contribution in [3.8, 4) is 5.75 Å². The van der Waals surface area contributed by atoms with E-state index in [9.17, 15) is 18.0 Å². The van der Waals surface area contributed by atoms with Gasteiger partial charge in [-0.25, -0.2) is 8.42 Å². The highest BCUT2D eigenvalue weighted by Gasteiger charge is 2.30. The standard InChI is InChI=1S/C25H35N3O5S/c1-7-19(3)26-25(30)20(4)27(16-21-11-13-23(33-5)14-12-21)24(29)17-28(34(6,31)32)22-10-8-9-18(2)15-22/h8-15,19-20H,7,16-17H2,1-6H3,(H,26,30). The lowest BCUT2D eigenvalue weighted by molar-refractivity contribution is -0.139. The van der Waals surface area contributed by atoms with Crippen LogP contribution < -0.4 is 14.4 Å². The molecule has 0 heterocycles. The van der Waals surface area contributed by atoms with Crippen LogP contribution >= 0.6 is 0 Å². The molecule has 0 aliphatic carbocycles. The van der Waals surface area contributed by atoms with Crippen molar-refractivity contribution < 1.29 is 22.7 Å². The number of anilines is 1. The van der Waals surface area contributed by atoms with Crippen molar-refractivity contribution in [2.75, 3.05) is 24.2 Å². The molecule has 1 N–H and O–H groups in total. The van der Waals surface area contributed by atoms with Gasteiger partial charge < -0.3 is 15.0 Å². The zero-order chi connectivity index (χ0) is 25.5. The van der Waals surface area contributed by atoms with Crippen LogP contribution in [0.3, 0.4) is 0 Å². The Bertz CT molecular complexity index is 1090. The summed E-state index contributed by atoms with van der Waals surface area (Å²) in [5.74, 6) is -0.0980. The van der Waals surface area contributed by atoms with Crippen LogP contribution in [0.5, 0.6) is 5.75 Å². The molecule has 0 bridgehead atoms. The first kappa shape index (κ1) is 27.2. The Balaban J connectivity index is 2.37. The van der Waals surface area contributed by atoms with E-state index in [2.05, 4.69) is 5.32 Å². The monoisotopic (exact) mass is 489 g/mol. The second-order valence-corrected chi connectivity index (χ2v) is 10.4. The third kappa shape index (κ3) is 7.48. The number of nitrogens with zero attached hydrogens (tertiary/aromatic N) is 2. The van der Waals surface area contributed by atoms with Gasteiger partial charge in [0.05, 0.1) is 19.1 Å². The molecule has 2 unspecified atom stereocenters. The summed E-state index contributed by atoms with van der Waals surface area (Å²) in [6, 6.07) is 13.3. The van der Waals surface area contributed by atoms with E-state index in [0.29, 0.717) is 11.4 Å². The first-order valence-corrected chi connectivity index (χ1v) is 13.1. The third-order valence-corrected chi connectivity index (χ3v) is 6.79. The zero-order valence-electron chi connectivity index (χ0n) is 20.7.